The predicted molar refractivity (Wildman–Crippen MR) is 158 cm³/mol. The number of carboxylic acids is 1. The van der Waals surface area contributed by atoms with Crippen LogP contribution in [0.25, 0.3) is 0 Å². The summed E-state index contributed by atoms with van der Waals surface area (Å²) in [5.74, 6) is -1.18. The van der Waals surface area contributed by atoms with Gasteiger partial charge in [-0.2, -0.15) is 13.2 Å². The van der Waals surface area contributed by atoms with Crippen molar-refractivity contribution in [1.82, 2.24) is 14.7 Å². The Hall–Kier alpha value is -3.02. The smallest absolute Gasteiger partial charge is 0.490 e. The van der Waals surface area contributed by atoms with E-state index < -0.39 is 12.1 Å². The number of aryl methyl sites for hydroxylation is 2. The molecule has 0 aromatic heterocycles. The number of ether oxygens (including phenoxy) is 2. The van der Waals surface area contributed by atoms with Crippen molar-refractivity contribution in [1.29, 1.82) is 0 Å². The highest BCUT2D eigenvalue weighted by atomic mass is 19.4. The predicted octanol–water partition coefficient (Wildman–Crippen LogP) is 5.81. The Morgan fingerprint density at radius 1 is 1.00 bits per heavy atom. The van der Waals surface area contributed by atoms with Gasteiger partial charge in [-0.3, -0.25) is 9.69 Å². The number of benzene rings is 1. The minimum absolute atomic E-state index is 0.0949. The number of methoxy groups -OCH3 is 1. The maximum absolute atomic E-state index is 13.4. The number of piperidine rings is 2. The van der Waals surface area contributed by atoms with E-state index >= 15 is 0 Å². The molecule has 1 spiro atoms. The molecule has 5 rings (SSSR count). The summed E-state index contributed by atoms with van der Waals surface area (Å²) in [6, 6.07) is 4.54. The largest absolute Gasteiger partial charge is 0.497 e. The van der Waals surface area contributed by atoms with Crippen molar-refractivity contribution >= 4 is 18.0 Å². The standard InChI is InChI=1S/C30H45N3O4.C2HF3O2/c1-21-18-26(36-4)19-22(2)27(21)28(34)32-14-10-25(11-15-32)31-16-12-30(13-17-31)23(3)33(29(35)37-30)20-24-8-6-5-7-9-24;3-2(4,5)1(6)7/h18-19,23-25H,5-17,20H2,1-4H3;(H,6,7). The van der Waals surface area contributed by atoms with E-state index in [-0.39, 0.29) is 23.6 Å². The number of carbonyl (C=O) groups is 3. The highest BCUT2D eigenvalue weighted by molar-refractivity contribution is 5.97. The third-order valence-corrected chi connectivity index (χ3v) is 10.0. The molecule has 3 saturated heterocycles. The van der Waals surface area contributed by atoms with Crippen LogP contribution in [0.15, 0.2) is 12.1 Å². The van der Waals surface area contributed by atoms with Crippen molar-refractivity contribution in [3.63, 3.8) is 0 Å². The van der Waals surface area contributed by atoms with Crippen LogP contribution in [0.2, 0.25) is 0 Å². The van der Waals surface area contributed by atoms with E-state index in [1.807, 2.05) is 35.8 Å². The van der Waals surface area contributed by atoms with Gasteiger partial charge in [0.2, 0.25) is 0 Å². The van der Waals surface area contributed by atoms with Crippen LogP contribution >= 0.6 is 0 Å². The maximum atomic E-state index is 13.4. The number of hydrogen-bond donors (Lipinski definition) is 1. The molecule has 246 valence electrons. The van der Waals surface area contributed by atoms with Crippen LogP contribution in [0.4, 0.5) is 18.0 Å². The number of carbonyl (C=O) groups excluding carboxylic acids is 2. The molecule has 1 unspecified atom stereocenters. The molecule has 9 nitrogen and oxygen atoms in total. The van der Waals surface area contributed by atoms with Gasteiger partial charge in [0.1, 0.15) is 11.4 Å². The zero-order valence-corrected chi connectivity index (χ0v) is 26.3. The van der Waals surface area contributed by atoms with E-state index in [1.165, 1.54) is 32.1 Å². The van der Waals surface area contributed by atoms with Gasteiger partial charge in [0.25, 0.3) is 5.91 Å². The van der Waals surface area contributed by atoms with Crippen molar-refractivity contribution in [2.75, 3.05) is 39.8 Å². The number of halogens is 3. The second kappa shape index (κ2) is 14.0. The lowest BCUT2D eigenvalue weighted by molar-refractivity contribution is -0.192. The van der Waals surface area contributed by atoms with Crippen LogP contribution in [0, 0.1) is 19.8 Å². The normalized spacial score (nSPS) is 23.2. The molecule has 1 atom stereocenters. The average Bonchev–Trinajstić information content (AvgIpc) is 3.21. The van der Waals surface area contributed by atoms with Crippen molar-refractivity contribution in [3.8, 4) is 5.75 Å². The molecule has 44 heavy (non-hydrogen) atoms. The molecule has 3 heterocycles. The van der Waals surface area contributed by atoms with Crippen LogP contribution in [0.1, 0.15) is 86.2 Å². The summed E-state index contributed by atoms with van der Waals surface area (Å²) >= 11 is 0. The van der Waals surface area contributed by atoms with Gasteiger partial charge in [-0.1, -0.05) is 19.3 Å². The Balaban J connectivity index is 0.000000566. The van der Waals surface area contributed by atoms with E-state index in [0.717, 1.165) is 80.8 Å². The quantitative estimate of drug-likeness (QED) is 0.441. The van der Waals surface area contributed by atoms with Crippen molar-refractivity contribution in [2.24, 2.45) is 5.92 Å². The summed E-state index contributed by atoms with van der Waals surface area (Å²) in [7, 11) is 1.66. The SMILES string of the molecule is COc1cc(C)c(C(=O)N2CCC(N3CCC4(CC3)OC(=O)N(CC3CCCCC3)C4C)CC2)c(C)c1.O=C(O)C(F)(F)F. The Bertz CT molecular complexity index is 1160. The first kappa shape index (κ1) is 33.9. The summed E-state index contributed by atoms with van der Waals surface area (Å²) < 4.78 is 43.2. The monoisotopic (exact) mass is 625 g/mol. The van der Waals surface area contributed by atoms with Crippen LogP contribution in [0.5, 0.6) is 5.75 Å². The molecule has 0 bridgehead atoms. The zero-order chi connectivity index (χ0) is 32.2. The Labute approximate surface area is 257 Å². The molecule has 1 aromatic carbocycles. The lowest BCUT2D eigenvalue weighted by atomic mass is 9.83. The van der Waals surface area contributed by atoms with Gasteiger partial charge in [0.05, 0.1) is 13.2 Å². The molecule has 4 fully saturated rings. The van der Waals surface area contributed by atoms with Crippen LogP contribution in [-0.2, 0) is 9.53 Å². The molecular formula is C32H46F3N3O6. The van der Waals surface area contributed by atoms with Gasteiger partial charge in [-0.15, -0.1) is 0 Å². The first-order chi connectivity index (χ1) is 20.8. The minimum Gasteiger partial charge on any atom is -0.497 e. The van der Waals surface area contributed by atoms with E-state index in [0.29, 0.717) is 12.0 Å². The van der Waals surface area contributed by atoms with Gasteiger partial charge in [0.15, 0.2) is 0 Å². The summed E-state index contributed by atoms with van der Waals surface area (Å²) in [5, 5.41) is 7.12. The van der Waals surface area contributed by atoms with E-state index in [2.05, 4.69) is 11.8 Å². The average molecular weight is 626 g/mol. The van der Waals surface area contributed by atoms with E-state index in [1.54, 1.807) is 7.11 Å². The van der Waals surface area contributed by atoms with E-state index in [9.17, 15) is 22.8 Å². The number of rotatable bonds is 5. The fraction of sp³-hybridized carbons (Fsp3) is 0.719. The summed E-state index contributed by atoms with van der Waals surface area (Å²) in [6.45, 7) is 10.6. The molecule has 1 aromatic rings. The Morgan fingerprint density at radius 2 is 1.55 bits per heavy atom. The minimum atomic E-state index is -5.08. The number of aliphatic carboxylic acids is 1. The number of nitrogens with zero attached hydrogens (tertiary/aromatic N) is 3. The number of alkyl halides is 3. The first-order valence-corrected chi connectivity index (χ1v) is 15.7. The fourth-order valence-electron chi connectivity index (χ4n) is 7.40. The number of hydrogen-bond acceptors (Lipinski definition) is 6. The van der Waals surface area contributed by atoms with Gasteiger partial charge >= 0.3 is 18.2 Å². The number of carboxylic acid groups (broad SMARTS) is 1. The van der Waals surface area contributed by atoms with Gasteiger partial charge in [-0.05, 0) is 75.6 Å². The van der Waals surface area contributed by atoms with Crippen molar-refractivity contribution < 1.29 is 42.1 Å². The zero-order valence-electron chi connectivity index (χ0n) is 26.3. The molecular weight excluding hydrogens is 579 g/mol. The molecule has 12 heteroatoms. The Kier molecular flexibility index (Phi) is 10.7. The van der Waals surface area contributed by atoms with E-state index in [4.69, 9.17) is 19.4 Å². The highest BCUT2D eigenvalue weighted by Gasteiger charge is 2.53. The maximum Gasteiger partial charge on any atom is 0.490 e. The second-order valence-electron chi connectivity index (χ2n) is 12.8. The summed E-state index contributed by atoms with van der Waals surface area (Å²) in [5.41, 5.74) is 2.43. The molecule has 1 aliphatic carbocycles. The second-order valence-corrected chi connectivity index (χ2v) is 12.8. The molecule has 1 N–H and O–H groups in total. The topological polar surface area (TPSA) is 99.6 Å². The van der Waals surface area contributed by atoms with Crippen LogP contribution in [0.3, 0.4) is 0 Å². The highest BCUT2D eigenvalue weighted by Crippen LogP contribution is 2.41. The number of likely N-dealkylation sites (tertiary alicyclic amines) is 2. The summed E-state index contributed by atoms with van der Waals surface area (Å²) in [4.78, 5) is 41.8. The molecule has 4 aliphatic rings. The lowest BCUT2D eigenvalue weighted by Gasteiger charge is -2.45. The molecule has 3 aliphatic heterocycles. The third-order valence-electron chi connectivity index (χ3n) is 10.0. The first-order valence-electron chi connectivity index (χ1n) is 15.7. The van der Waals surface area contributed by atoms with Crippen LogP contribution in [-0.4, -0.2) is 101 Å². The molecule has 2 amide bonds. The van der Waals surface area contributed by atoms with Crippen molar-refractivity contribution in [3.05, 3.63) is 28.8 Å². The Morgan fingerprint density at radius 3 is 2.05 bits per heavy atom. The van der Waals surface area contributed by atoms with Gasteiger partial charge in [-0.25, -0.2) is 9.59 Å². The van der Waals surface area contributed by atoms with Gasteiger partial charge < -0.3 is 24.4 Å². The molecule has 1 saturated carbocycles. The molecule has 0 radical (unpaired) electrons. The third kappa shape index (κ3) is 7.61. The number of amides is 2. The van der Waals surface area contributed by atoms with Crippen LogP contribution < -0.4 is 4.74 Å². The fourth-order valence-corrected chi connectivity index (χ4v) is 7.40. The lowest BCUT2D eigenvalue weighted by Crippen LogP contribution is -2.55. The summed E-state index contributed by atoms with van der Waals surface area (Å²) in [6.07, 6.45) is 5.05. The van der Waals surface area contributed by atoms with Gasteiger partial charge in [0, 0.05) is 57.2 Å². The van der Waals surface area contributed by atoms with Crippen molar-refractivity contribution in [2.45, 2.75) is 102 Å².